The number of nitrogens with zero attached hydrogens (tertiary/aromatic N) is 1. The summed E-state index contributed by atoms with van der Waals surface area (Å²) in [5, 5.41) is 7.67. The van der Waals surface area contributed by atoms with Gasteiger partial charge in [0.15, 0.2) is 0 Å². The number of rotatable bonds is 3. The SMILES string of the molecule is Cc1cc(Sc2ccoc2C)c(C(=N)N)c(C)n1. The van der Waals surface area contributed by atoms with E-state index in [0.717, 1.165) is 26.9 Å². The summed E-state index contributed by atoms with van der Waals surface area (Å²) in [7, 11) is 0. The molecule has 0 radical (unpaired) electrons. The third kappa shape index (κ3) is 2.41. The van der Waals surface area contributed by atoms with Crippen LogP contribution in [0, 0.1) is 26.2 Å². The van der Waals surface area contributed by atoms with Gasteiger partial charge in [0.2, 0.25) is 0 Å². The largest absolute Gasteiger partial charge is 0.468 e. The number of furan rings is 1. The zero-order chi connectivity index (χ0) is 13.3. The van der Waals surface area contributed by atoms with E-state index < -0.39 is 0 Å². The second kappa shape index (κ2) is 4.86. The summed E-state index contributed by atoms with van der Waals surface area (Å²) in [5.74, 6) is 0.908. The number of nitrogen functional groups attached to an aromatic ring is 1. The van der Waals surface area contributed by atoms with Crippen LogP contribution in [0.25, 0.3) is 0 Å². The highest BCUT2D eigenvalue weighted by Gasteiger charge is 2.14. The second-order valence-electron chi connectivity index (χ2n) is 4.08. The Kier molecular flexibility index (Phi) is 3.43. The summed E-state index contributed by atoms with van der Waals surface area (Å²) in [6.07, 6.45) is 1.66. The average molecular weight is 261 g/mol. The second-order valence-corrected chi connectivity index (χ2v) is 5.16. The Morgan fingerprint density at radius 1 is 1.33 bits per heavy atom. The predicted molar refractivity (Wildman–Crippen MR) is 72.3 cm³/mol. The van der Waals surface area contributed by atoms with E-state index in [1.54, 1.807) is 18.0 Å². The molecule has 0 aliphatic rings. The number of hydrogen-bond donors (Lipinski definition) is 2. The van der Waals surface area contributed by atoms with Crippen LogP contribution in [0.4, 0.5) is 0 Å². The molecule has 0 aliphatic carbocycles. The van der Waals surface area contributed by atoms with Crippen LogP contribution in [0.15, 0.2) is 32.6 Å². The number of hydrogen-bond acceptors (Lipinski definition) is 4. The summed E-state index contributed by atoms with van der Waals surface area (Å²) in [6, 6.07) is 3.86. The molecule has 0 amide bonds. The Morgan fingerprint density at radius 3 is 2.61 bits per heavy atom. The molecule has 4 nitrogen and oxygen atoms in total. The van der Waals surface area contributed by atoms with Gasteiger partial charge in [-0.25, -0.2) is 0 Å². The molecule has 0 bridgehead atoms. The van der Waals surface area contributed by atoms with E-state index in [0.29, 0.717) is 5.56 Å². The smallest absolute Gasteiger partial charge is 0.125 e. The van der Waals surface area contributed by atoms with Gasteiger partial charge in [-0.2, -0.15) is 0 Å². The molecule has 2 aromatic rings. The van der Waals surface area contributed by atoms with Crippen LogP contribution >= 0.6 is 11.8 Å². The predicted octanol–water partition coefficient (Wildman–Crippen LogP) is 3.04. The monoisotopic (exact) mass is 261 g/mol. The zero-order valence-corrected chi connectivity index (χ0v) is 11.4. The number of nitrogens with two attached hydrogens (primary N) is 1. The van der Waals surface area contributed by atoms with Crippen molar-refractivity contribution >= 4 is 17.6 Å². The highest BCUT2D eigenvalue weighted by atomic mass is 32.2. The topological polar surface area (TPSA) is 75.9 Å². The Balaban J connectivity index is 2.49. The van der Waals surface area contributed by atoms with E-state index in [-0.39, 0.29) is 5.84 Å². The number of aromatic nitrogens is 1. The van der Waals surface area contributed by atoms with Crippen molar-refractivity contribution in [3.05, 3.63) is 41.1 Å². The standard InChI is InChI=1S/C13H15N3OS/c1-7-6-11(12(13(14)15)8(2)16-7)18-10-4-5-17-9(10)3/h4-6H,1-3H3,(H3,14,15). The maximum atomic E-state index is 7.67. The van der Waals surface area contributed by atoms with Gasteiger partial charge in [0.05, 0.1) is 16.7 Å². The van der Waals surface area contributed by atoms with E-state index in [2.05, 4.69) is 4.98 Å². The molecule has 0 spiro atoms. The third-order valence-corrected chi connectivity index (χ3v) is 3.78. The maximum Gasteiger partial charge on any atom is 0.125 e. The minimum atomic E-state index is 0.0450. The van der Waals surface area contributed by atoms with Gasteiger partial charge in [-0.1, -0.05) is 11.8 Å². The summed E-state index contributed by atoms with van der Waals surface area (Å²) in [6.45, 7) is 5.72. The Labute approximate surface area is 110 Å². The minimum absolute atomic E-state index is 0.0450. The number of nitrogens with one attached hydrogen (secondary N) is 1. The molecule has 0 saturated heterocycles. The van der Waals surface area contributed by atoms with Crippen LogP contribution in [0.5, 0.6) is 0 Å². The van der Waals surface area contributed by atoms with Gasteiger partial charge in [-0.05, 0) is 32.9 Å². The summed E-state index contributed by atoms with van der Waals surface area (Å²) < 4.78 is 5.28. The van der Waals surface area contributed by atoms with E-state index in [9.17, 15) is 0 Å². The molecule has 94 valence electrons. The van der Waals surface area contributed by atoms with Crippen molar-refractivity contribution < 1.29 is 4.42 Å². The normalized spacial score (nSPS) is 10.6. The van der Waals surface area contributed by atoms with Gasteiger partial charge in [-0.15, -0.1) is 0 Å². The lowest BCUT2D eigenvalue weighted by molar-refractivity contribution is 0.527. The molecule has 0 aromatic carbocycles. The lowest BCUT2D eigenvalue weighted by atomic mass is 10.1. The molecule has 5 heteroatoms. The van der Waals surface area contributed by atoms with Gasteiger partial charge in [0, 0.05) is 16.3 Å². The van der Waals surface area contributed by atoms with E-state index in [1.165, 1.54) is 0 Å². The Hall–Kier alpha value is -1.75. The molecule has 0 aliphatic heterocycles. The maximum absolute atomic E-state index is 7.67. The van der Waals surface area contributed by atoms with Crippen molar-refractivity contribution in [2.45, 2.75) is 30.6 Å². The van der Waals surface area contributed by atoms with Gasteiger partial charge >= 0.3 is 0 Å². The fourth-order valence-corrected chi connectivity index (χ4v) is 2.94. The summed E-state index contributed by atoms with van der Waals surface area (Å²) in [4.78, 5) is 6.32. The highest BCUT2D eigenvalue weighted by molar-refractivity contribution is 7.99. The van der Waals surface area contributed by atoms with Crippen LogP contribution in [0.3, 0.4) is 0 Å². The van der Waals surface area contributed by atoms with Crippen molar-refractivity contribution in [2.75, 3.05) is 0 Å². The molecule has 0 atom stereocenters. The molecular weight excluding hydrogens is 246 g/mol. The van der Waals surface area contributed by atoms with Crippen LogP contribution in [0.2, 0.25) is 0 Å². The molecule has 0 saturated carbocycles. The number of aryl methyl sites for hydroxylation is 3. The molecular formula is C13H15N3OS. The van der Waals surface area contributed by atoms with Gasteiger partial charge in [0.1, 0.15) is 11.6 Å². The molecule has 18 heavy (non-hydrogen) atoms. The van der Waals surface area contributed by atoms with E-state index >= 15 is 0 Å². The van der Waals surface area contributed by atoms with E-state index in [4.69, 9.17) is 15.6 Å². The first-order chi connectivity index (χ1) is 8.49. The van der Waals surface area contributed by atoms with Crippen molar-refractivity contribution in [3.8, 4) is 0 Å². The highest BCUT2D eigenvalue weighted by Crippen LogP contribution is 2.34. The van der Waals surface area contributed by atoms with Crippen LogP contribution in [-0.4, -0.2) is 10.8 Å². The van der Waals surface area contributed by atoms with E-state index in [1.807, 2.05) is 32.9 Å². The van der Waals surface area contributed by atoms with Gasteiger partial charge in [0.25, 0.3) is 0 Å². The molecule has 3 N–H and O–H groups in total. The van der Waals surface area contributed by atoms with Gasteiger partial charge < -0.3 is 10.2 Å². The first-order valence-corrected chi connectivity index (χ1v) is 6.35. The van der Waals surface area contributed by atoms with Crippen LogP contribution in [-0.2, 0) is 0 Å². The Morgan fingerprint density at radius 2 is 2.06 bits per heavy atom. The molecule has 2 heterocycles. The first kappa shape index (κ1) is 12.7. The molecule has 2 rings (SSSR count). The first-order valence-electron chi connectivity index (χ1n) is 5.53. The molecule has 0 unspecified atom stereocenters. The van der Waals surface area contributed by atoms with Crippen molar-refractivity contribution in [1.82, 2.24) is 4.98 Å². The van der Waals surface area contributed by atoms with Crippen molar-refractivity contribution in [2.24, 2.45) is 5.73 Å². The Bertz CT molecular complexity index is 604. The van der Waals surface area contributed by atoms with Gasteiger partial charge in [-0.3, -0.25) is 10.4 Å². The third-order valence-electron chi connectivity index (χ3n) is 2.59. The number of amidine groups is 1. The fraction of sp³-hybridized carbons (Fsp3) is 0.231. The number of pyridine rings is 1. The molecule has 0 fully saturated rings. The summed E-state index contributed by atoms with van der Waals surface area (Å²) in [5.41, 5.74) is 8.04. The van der Waals surface area contributed by atoms with Crippen molar-refractivity contribution in [3.63, 3.8) is 0 Å². The lowest BCUT2D eigenvalue weighted by Crippen LogP contribution is -2.15. The quantitative estimate of drug-likeness (QED) is 0.657. The summed E-state index contributed by atoms with van der Waals surface area (Å²) >= 11 is 1.55. The zero-order valence-electron chi connectivity index (χ0n) is 10.6. The average Bonchev–Trinajstić information content (AvgIpc) is 2.62. The molecule has 2 aromatic heterocycles. The fourth-order valence-electron chi connectivity index (χ4n) is 1.80. The lowest BCUT2D eigenvalue weighted by Gasteiger charge is -2.11. The van der Waals surface area contributed by atoms with Crippen LogP contribution < -0.4 is 5.73 Å². The van der Waals surface area contributed by atoms with Crippen molar-refractivity contribution in [1.29, 1.82) is 5.41 Å². The minimum Gasteiger partial charge on any atom is -0.468 e. The van der Waals surface area contributed by atoms with Crippen LogP contribution in [0.1, 0.15) is 22.7 Å².